The third-order valence-electron chi connectivity index (χ3n) is 8.72. The summed E-state index contributed by atoms with van der Waals surface area (Å²) in [5.41, 5.74) is 0. The number of carbonyl (C=O) groups excluding carboxylic acids is 2. The first-order valence-electron chi connectivity index (χ1n) is 18.6. The molecule has 0 aliphatic rings. The van der Waals surface area contributed by atoms with E-state index >= 15 is 0 Å². The fourth-order valence-electron chi connectivity index (χ4n) is 5.99. The second-order valence-electron chi connectivity index (χ2n) is 14.6. The number of aliphatic hydroxyl groups excluding tert-OH is 1. The van der Waals surface area contributed by atoms with Crippen LogP contribution in [0.2, 0.25) is 0 Å². The van der Waals surface area contributed by atoms with Gasteiger partial charge in [0.05, 0.1) is 54.5 Å². The van der Waals surface area contributed by atoms with Crippen molar-refractivity contribution in [3.8, 4) is 0 Å². The van der Waals surface area contributed by atoms with Crippen molar-refractivity contribution in [3.05, 3.63) is 0 Å². The second-order valence-corrected chi connectivity index (χ2v) is 14.6. The molecule has 0 aromatic carbocycles. The van der Waals surface area contributed by atoms with Gasteiger partial charge in [-0.25, -0.2) is 0 Å². The monoisotopic (exact) mass is 699 g/mol. The molecular weight excluding hydrogens is 623 g/mol. The molecule has 46 heavy (non-hydrogen) atoms. The molecule has 1 N–H and O–H groups in total. The van der Waals surface area contributed by atoms with E-state index in [1.54, 1.807) is 0 Å². The van der Waals surface area contributed by atoms with E-state index in [0.29, 0.717) is 39.1 Å². The molecule has 0 aromatic rings. The van der Waals surface area contributed by atoms with E-state index in [0.717, 1.165) is 73.4 Å². The highest BCUT2D eigenvalue weighted by molar-refractivity contribution is 5.69. The van der Waals surface area contributed by atoms with Crippen molar-refractivity contribution >= 4 is 11.9 Å². The van der Waals surface area contributed by atoms with E-state index in [-0.39, 0.29) is 42.9 Å². The third kappa shape index (κ3) is 34.7. The zero-order valence-corrected chi connectivity index (χ0v) is 32.6. The number of esters is 2. The molecule has 0 unspecified atom stereocenters. The maximum atomic E-state index is 12.0. The molecule has 0 fully saturated rings. The maximum Gasteiger partial charge on any atom is 0.305 e. The number of hydrogen-bond acceptors (Lipinski definition) is 5. The van der Waals surface area contributed by atoms with Crippen molar-refractivity contribution in [2.24, 2.45) is 0 Å². The summed E-state index contributed by atoms with van der Waals surface area (Å²) in [6.45, 7) is 8.78. The molecule has 9 heteroatoms. The first kappa shape index (κ1) is 49.8. The number of ether oxygens (including phenoxy) is 2. The van der Waals surface area contributed by atoms with Crippen LogP contribution in [0.4, 0.5) is 0 Å². The smallest absolute Gasteiger partial charge is 0.305 e. The lowest BCUT2D eigenvalue weighted by Crippen LogP contribution is -3.00. The minimum absolute atomic E-state index is 0. The fraction of sp³-hybridized carbons (Fsp3) is 0.946. The summed E-state index contributed by atoms with van der Waals surface area (Å²) in [6, 6.07) is 0. The van der Waals surface area contributed by atoms with Crippen LogP contribution in [0.1, 0.15) is 155 Å². The Morgan fingerprint density at radius 2 is 0.804 bits per heavy atom. The first-order chi connectivity index (χ1) is 21.0. The van der Waals surface area contributed by atoms with Crippen LogP contribution in [-0.4, -0.2) is 99.7 Å². The first-order valence-corrected chi connectivity index (χ1v) is 18.6. The molecule has 0 atom stereocenters. The Morgan fingerprint density at radius 3 is 1.13 bits per heavy atom. The molecular formula is C37H76Cl2N2O5. The van der Waals surface area contributed by atoms with Gasteiger partial charge in [0.2, 0.25) is 0 Å². The minimum Gasteiger partial charge on any atom is -1.00 e. The Bertz CT molecular complexity index is 639. The van der Waals surface area contributed by atoms with Gasteiger partial charge < -0.3 is 48.4 Å². The average Bonchev–Trinajstić information content (AvgIpc) is 2.94. The highest BCUT2D eigenvalue weighted by Crippen LogP contribution is 2.13. The van der Waals surface area contributed by atoms with Gasteiger partial charge in [-0.3, -0.25) is 9.59 Å². The molecule has 0 aliphatic carbocycles. The Balaban J connectivity index is -0.00000924. The Morgan fingerprint density at radius 1 is 0.500 bits per heavy atom. The molecule has 0 saturated heterocycles. The molecule has 7 nitrogen and oxygen atoms in total. The number of unbranched alkanes of at least 4 members (excludes halogenated alkanes) is 16. The summed E-state index contributed by atoms with van der Waals surface area (Å²) < 4.78 is 12.4. The van der Waals surface area contributed by atoms with Gasteiger partial charge in [-0.05, 0) is 38.5 Å². The summed E-state index contributed by atoms with van der Waals surface area (Å²) in [5.74, 6) is -0.116. The highest BCUT2D eigenvalue weighted by Gasteiger charge is 2.26. The van der Waals surface area contributed by atoms with E-state index < -0.39 is 0 Å². The molecule has 0 amide bonds. The molecule has 0 bridgehead atoms. The van der Waals surface area contributed by atoms with Crippen molar-refractivity contribution < 1.29 is 57.9 Å². The number of aliphatic hydroxyl groups is 1. The topological polar surface area (TPSA) is 72.8 Å². The van der Waals surface area contributed by atoms with Gasteiger partial charge in [0.15, 0.2) is 6.10 Å². The summed E-state index contributed by atoms with van der Waals surface area (Å²) in [6.07, 6.45) is 24.1. The van der Waals surface area contributed by atoms with E-state index in [9.17, 15) is 14.7 Å². The Hall–Kier alpha value is -0.600. The van der Waals surface area contributed by atoms with Crippen molar-refractivity contribution in [3.63, 3.8) is 0 Å². The standard InChI is InChI=1S/C37H76N2O5.2ClH/c1-7-9-11-13-15-17-19-21-27-36(41)43-31-25-23-29-38(3,4)33-35(40)34-39(5,6)30-24-26-32-44-37(42)28-22-20-18-16-14-12-10-8-2;;/h35,40H,7-34H2,1-6H3;2*1H/q+2;;/p-2. The van der Waals surface area contributed by atoms with Gasteiger partial charge in [0, 0.05) is 12.8 Å². The van der Waals surface area contributed by atoms with Gasteiger partial charge in [0.25, 0.3) is 0 Å². The van der Waals surface area contributed by atoms with Crippen LogP contribution in [0.25, 0.3) is 0 Å². The van der Waals surface area contributed by atoms with Crippen LogP contribution >= 0.6 is 0 Å². The van der Waals surface area contributed by atoms with Gasteiger partial charge >= 0.3 is 11.9 Å². The number of carbonyl (C=O) groups is 2. The number of hydrogen-bond donors (Lipinski definition) is 1. The van der Waals surface area contributed by atoms with Crippen LogP contribution in [0, 0.1) is 0 Å². The SMILES string of the molecule is CCCCCCCCCCC(=O)OCCCC[N+](C)(C)CC(O)C[N+](C)(C)CCCCOC(=O)CCCCCCCCCC.[Cl-].[Cl-]. The van der Waals surface area contributed by atoms with Crippen LogP contribution in [0.3, 0.4) is 0 Å². The molecule has 0 rings (SSSR count). The largest absolute Gasteiger partial charge is 1.00 e. The van der Waals surface area contributed by atoms with Gasteiger partial charge in [-0.1, -0.05) is 104 Å². The lowest BCUT2D eigenvalue weighted by molar-refractivity contribution is -0.914. The number of nitrogens with zero attached hydrogens (tertiary/aromatic N) is 2. The zero-order valence-electron chi connectivity index (χ0n) is 31.1. The number of halogens is 2. The van der Waals surface area contributed by atoms with Gasteiger partial charge in [0.1, 0.15) is 13.1 Å². The zero-order chi connectivity index (χ0) is 32.9. The molecule has 0 heterocycles. The quantitative estimate of drug-likeness (QED) is 0.0663. The van der Waals surface area contributed by atoms with Crippen molar-refractivity contribution in [2.45, 2.75) is 161 Å². The highest BCUT2D eigenvalue weighted by atomic mass is 35.5. The maximum absolute atomic E-state index is 12.0. The van der Waals surface area contributed by atoms with E-state index in [1.807, 2.05) is 0 Å². The lowest BCUT2D eigenvalue weighted by Gasteiger charge is -2.36. The van der Waals surface area contributed by atoms with Gasteiger partial charge in [-0.15, -0.1) is 0 Å². The summed E-state index contributed by atoms with van der Waals surface area (Å²) in [4.78, 5) is 24.0. The van der Waals surface area contributed by atoms with Gasteiger partial charge in [-0.2, -0.15) is 0 Å². The van der Waals surface area contributed by atoms with E-state index in [4.69, 9.17) is 9.47 Å². The molecule has 0 aliphatic heterocycles. The summed E-state index contributed by atoms with van der Waals surface area (Å²) >= 11 is 0. The summed E-state index contributed by atoms with van der Waals surface area (Å²) in [7, 11) is 8.66. The molecule has 0 radical (unpaired) electrons. The summed E-state index contributed by atoms with van der Waals surface area (Å²) in [5, 5.41) is 10.9. The van der Waals surface area contributed by atoms with Crippen LogP contribution < -0.4 is 24.8 Å². The van der Waals surface area contributed by atoms with Crippen molar-refractivity contribution in [1.29, 1.82) is 0 Å². The Kier molecular flexibility index (Phi) is 35.6. The fourth-order valence-corrected chi connectivity index (χ4v) is 5.99. The van der Waals surface area contributed by atoms with Crippen molar-refractivity contribution in [1.82, 2.24) is 0 Å². The van der Waals surface area contributed by atoms with Crippen LogP contribution in [-0.2, 0) is 19.1 Å². The third-order valence-corrected chi connectivity index (χ3v) is 8.72. The van der Waals surface area contributed by atoms with E-state index in [1.165, 1.54) is 77.0 Å². The average molecular weight is 700 g/mol. The van der Waals surface area contributed by atoms with Crippen LogP contribution in [0.5, 0.6) is 0 Å². The minimum atomic E-state index is -0.381. The second kappa shape index (κ2) is 32.9. The van der Waals surface area contributed by atoms with Crippen LogP contribution in [0.15, 0.2) is 0 Å². The van der Waals surface area contributed by atoms with Crippen molar-refractivity contribution in [2.75, 3.05) is 67.6 Å². The lowest BCUT2D eigenvalue weighted by atomic mass is 10.1. The number of likely N-dealkylation sites (N-methyl/N-ethyl adjacent to an activating group) is 2. The molecule has 0 spiro atoms. The number of quaternary nitrogens is 2. The predicted molar refractivity (Wildman–Crippen MR) is 185 cm³/mol. The molecule has 0 aromatic heterocycles. The molecule has 278 valence electrons. The predicted octanol–water partition coefficient (Wildman–Crippen LogP) is 2.22. The number of rotatable bonds is 32. The van der Waals surface area contributed by atoms with E-state index in [2.05, 4.69) is 42.0 Å². The molecule has 0 saturated carbocycles. The normalized spacial score (nSPS) is 11.7. The Labute approximate surface area is 297 Å².